The highest BCUT2D eigenvalue weighted by Gasteiger charge is 2.03. The van der Waals surface area contributed by atoms with Gasteiger partial charge in [-0.05, 0) is 40.3 Å². The van der Waals surface area contributed by atoms with Gasteiger partial charge < -0.3 is 15.5 Å². The summed E-state index contributed by atoms with van der Waals surface area (Å²) in [5, 5.41) is 10.8. The number of aliphatic imine (C=N–C) groups is 1. The van der Waals surface area contributed by atoms with Crippen molar-refractivity contribution in [3.05, 3.63) is 18.5 Å². The van der Waals surface area contributed by atoms with Gasteiger partial charge in [0.15, 0.2) is 5.96 Å². The lowest BCUT2D eigenvalue weighted by atomic mass is 10.3. The fourth-order valence-corrected chi connectivity index (χ4v) is 1.81. The molecule has 21 heavy (non-hydrogen) atoms. The minimum atomic E-state index is 0.570. The molecule has 0 amide bonds. The topological polar surface area (TPSA) is 57.5 Å². The van der Waals surface area contributed by atoms with Crippen LogP contribution in [0, 0.1) is 0 Å². The first-order chi connectivity index (χ1) is 10.1. The van der Waals surface area contributed by atoms with E-state index in [-0.39, 0.29) is 0 Å². The molecule has 0 saturated carbocycles. The molecule has 0 radical (unpaired) electrons. The van der Waals surface area contributed by atoms with E-state index in [2.05, 4.69) is 53.4 Å². The summed E-state index contributed by atoms with van der Waals surface area (Å²) in [6.07, 6.45) is 4.78. The monoisotopic (exact) mass is 294 g/mol. The van der Waals surface area contributed by atoms with Gasteiger partial charge in [-0.3, -0.25) is 9.67 Å². The molecule has 6 heteroatoms. The Bertz CT molecular complexity index is 385. The number of aryl methyl sites for hydroxylation is 1. The molecular weight excluding hydrogens is 264 g/mol. The van der Waals surface area contributed by atoms with Crippen LogP contribution in [0.25, 0.3) is 0 Å². The largest absolute Gasteiger partial charge is 0.357 e. The van der Waals surface area contributed by atoms with Gasteiger partial charge in [0.05, 0.1) is 0 Å². The molecule has 1 heterocycles. The Labute approximate surface area is 128 Å². The quantitative estimate of drug-likeness (QED) is 0.408. The van der Waals surface area contributed by atoms with E-state index in [9.17, 15) is 0 Å². The van der Waals surface area contributed by atoms with E-state index in [0.717, 1.165) is 45.1 Å². The number of nitrogens with one attached hydrogen (secondary N) is 2. The smallest absolute Gasteiger partial charge is 0.191 e. The van der Waals surface area contributed by atoms with Crippen LogP contribution in [-0.2, 0) is 6.54 Å². The van der Waals surface area contributed by atoms with E-state index < -0.39 is 0 Å². The fraction of sp³-hybridized carbons (Fsp3) is 0.733. The molecule has 0 unspecified atom stereocenters. The van der Waals surface area contributed by atoms with Gasteiger partial charge in [-0.2, -0.15) is 5.10 Å². The second kappa shape index (κ2) is 10.2. The summed E-state index contributed by atoms with van der Waals surface area (Å²) in [6.45, 7) is 11.0. The van der Waals surface area contributed by atoms with E-state index in [0.29, 0.717) is 6.04 Å². The molecule has 6 nitrogen and oxygen atoms in total. The summed E-state index contributed by atoms with van der Waals surface area (Å²) in [4.78, 5) is 6.90. The molecule has 1 aromatic heterocycles. The predicted molar refractivity (Wildman–Crippen MR) is 88.6 cm³/mol. The second-order valence-corrected chi connectivity index (χ2v) is 5.38. The number of nitrogens with zero attached hydrogens (tertiary/aromatic N) is 4. The third-order valence-electron chi connectivity index (χ3n) is 3.36. The normalized spacial score (nSPS) is 12.2. The van der Waals surface area contributed by atoms with Crippen LogP contribution in [0.1, 0.15) is 27.2 Å². The summed E-state index contributed by atoms with van der Waals surface area (Å²) in [7, 11) is 2.14. The summed E-state index contributed by atoms with van der Waals surface area (Å²) in [5.74, 6) is 0.898. The van der Waals surface area contributed by atoms with Gasteiger partial charge in [0, 0.05) is 51.2 Å². The summed E-state index contributed by atoms with van der Waals surface area (Å²) >= 11 is 0. The predicted octanol–water partition coefficient (Wildman–Crippen LogP) is 1.17. The Hall–Kier alpha value is -1.56. The molecule has 0 bridgehead atoms. The van der Waals surface area contributed by atoms with Crippen LogP contribution in [0.15, 0.2) is 23.5 Å². The SMILES string of the molecule is CCNC(=NCCCn1cccn1)NCCN(C)C(C)C. The molecule has 0 spiro atoms. The van der Waals surface area contributed by atoms with Gasteiger partial charge in [0.1, 0.15) is 0 Å². The average molecular weight is 294 g/mol. The number of hydrogen-bond acceptors (Lipinski definition) is 3. The van der Waals surface area contributed by atoms with Crippen molar-refractivity contribution in [1.82, 2.24) is 25.3 Å². The lowest BCUT2D eigenvalue weighted by Crippen LogP contribution is -2.42. The first-order valence-electron chi connectivity index (χ1n) is 7.83. The van der Waals surface area contributed by atoms with E-state index in [4.69, 9.17) is 0 Å². The lowest BCUT2D eigenvalue weighted by molar-refractivity contribution is 0.278. The highest BCUT2D eigenvalue weighted by Crippen LogP contribution is 1.92. The number of rotatable bonds is 9. The molecule has 0 aliphatic heterocycles. The molecule has 0 atom stereocenters. The van der Waals surface area contributed by atoms with Gasteiger partial charge in [-0.1, -0.05) is 0 Å². The Morgan fingerprint density at radius 3 is 2.81 bits per heavy atom. The standard InChI is InChI=1S/C15H30N6/c1-5-16-15(18-10-13-20(4)14(2)3)17-8-6-11-21-12-7-9-19-21/h7,9,12,14H,5-6,8,10-11,13H2,1-4H3,(H2,16,17,18). The molecule has 120 valence electrons. The molecule has 2 N–H and O–H groups in total. The zero-order valence-electron chi connectivity index (χ0n) is 13.8. The zero-order chi connectivity index (χ0) is 15.5. The highest BCUT2D eigenvalue weighted by atomic mass is 15.3. The maximum atomic E-state index is 4.59. The molecule has 0 aromatic carbocycles. The minimum Gasteiger partial charge on any atom is -0.357 e. The first-order valence-corrected chi connectivity index (χ1v) is 7.83. The summed E-state index contributed by atoms with van der Waals surface area (Å²) < 4.78 is 1.94. The highest BCUT2D eigenvalue weighted by molar-refractivity contribution is 5.79. The van der Waals surface area contributed by atoms with Crippen LogP contribution in [0.4, 0.5) is 0 Å². The van der Waals surface area contributed by atoms with Crippen molar-refractivity contribution in [1.29, 1.82) is 0 Å². The van der Waals surface area contributed by atoms with E-state index in [1.54, 1.807) is 6.20 Å². The van der Waals surface area contributed by atoms with Crippen molar-refractivity contribution in [2.45, 2.75) is 39.8 Å². The molecule has 0 aliphatic rings. The Morgan fingerprint density at radius 2 is 2.19 bits per heavy atom. The zero-order valence-corrected chi connectivity index (χ0v) is 13.8. The van der Waals surface area contributed by atoms with Crippen LogP contribution in [0.3, 0.4) is 0 Å². The van der Waals surface area contributed by atoms with Crippen LogP contribution >= 0.6 is 0 Å². The van der Waals surface area contributed by atoms with E-state index in [1.165, 1.54) is 0 Å². The number of likely N-dealkylation sites (N-methyl/N-ethyl adjacent to an activating group) is 1. The molecule has 1 rings (SSSR count). The molecular formula is C15H30N6. The third-order valence-corrected chi connectivity index (χ3v) is 3.36. The van der Waals surface area contributed by atoms with Crippen LogP contribution < -0.4 is 10.6 Å². The molecule has 0 saturated heterocycles. The molecule has 0 aliphatic carbocycles. The maximum Gasteiger partial charge on any atom is 0.191 e. The first kappa shape index (κ1) is 17.5. The van der Waals surface area contributed by atoms with Gasteiger partial charge in [-0.25, -0.2) is 0 Å². The Morgan fingerprint density at radius 1 is 1.38 bits per heavy atom. The van der Waals surface area contributed by atoms with Crippen LogP contribution in [0.5, 0.6) is 0 Å². The third kappa shape index (κ3) is 7.70. The Kier molecular flexibility index (Phi) is 8.50. The van der Waals surface area contributed by atoms with Crippen molar-refractivity contribution in [2.75, 3.05) is 33.2 Å². The summed E-state index contributed by atoms with van der Waals surface area (Å²) in [6, 6.07) is 2.51. The van der Waals surface area contributed by atoms with Gasteiger partial charge in [-0.15, -0.1) is 0 Å². The molecule has 1 aromatic rings. The average Bonchev–Trinajstić information content (AvgIpc) is 2.96. The number of aromatic nitrogens is 2. The van der Waals surface area contributed by atoms with Crippen LogP contribution in [0.2, 0.25) is 0 Å². The van der Waals surface area contributed by atoms with E-state index in [1.807, 2.05) is 16.9 Å². The van der Waals surface area contributed by atoms with Crippen molar-refractivity contribution in [3.8, 4) is 0 Å². The van der Waals surface area contributed by atoms with Gasteiger partial charge in [0.25, 0.3) is 0 Å². The Balaban J connectivity index is 2.25. The van der Waals surface area contributed by atoms with Crippen molar-refractivity contribution in [2.24, 2.45) is 4.99 Å². The van der Waals surface area contributed by atoms with Gasteiger partial charge >= 0.3 is 0 Å². The van der Waals surface area contributed by atoms with Crippen molar-refractivity contribution < 1.29 is 0 Å². The van der Waals surface area contributed by atoms with Crippen molar-refractivity contribution in [3.63, 3.8) is 0 Å². The van der Waals surface area contributed by atoms with Gasteiger partial charge in [0.2, 0.25) is 0 Å². The fourth-order valence-electron chi connectivity index (χ4n) is 1.81. The second-order valence-electron chi connectivity index (χ2n) is 5.38. The maximum absolute atomic E-state index is 4.59. The molecule has 0 fully saturated rings. The van der Waals surface area contributed by atoms with Crippen molar-refractivity contribution >= 4 is 5.96 Å². The lowest BCUT2D eigenvalue weighted by Gasteiger charge is -2.21. The van der Waals surface area contributed by atoms with E-state index >= 15 is 0 Å². The minimum absolute atomic E-state index is 0.570. The van der Waals surface area contributed by atoms with Crippen LogP contribution in [-0.4, -0.2) is 59.9 Å². The number of hydrogen-bond donors (Lipinski definition) is 2. The number of guanidine groups is 1. The summed E-state index contributed by atoms with van der Waals surface area (Å²) in [5.41, 5.74) is 0.